The lowest BCUT2D eigenvalue weighted by molar-refractivity contribution is -0.191. The first kappa shape index (κ1) is 22.8. The van der Waals surface area contributed by atoms with E-state index >= 15 is 0 Å². The molecule has 1 aromatic heterocycles. The zero-order chi connectivity index (χ0) is 24.2. The van der Waals surface area contributed by atoms with Crippen LogP contribution < -0.4 is 5.32 Å². The molecule has 1 atom stereocenters. The summed E-state index contributed by atoms with van der Waals surface area (Å²) in [7, 11) is 0. The fourth-order valence-electron chi connectivity index (χ4n) is 4.50. The zero-order valence-electron chi connectivity index (χ0n) is 18.4. The maximum Gasteiger partial charge on any atom is 0.425 e. The largest absolute Gasteiger partial charge is 0.467 e. The van der Waals surface area contributed by atoms with E-state index in [1.54, 1.807) is 39.0 Å². The van der Waals surface area contributed by atoms with Crippen LogP contribution in [0.15, 0.2) is 58.3 Å². The van der Waals surface area contributed by atoms with Crippen molar-refractivity contribution < 1.29 is 32.0 Å². The van der Waals surface area contributed by atoms with Gasteiger partial charge < -0.3 is 14.6 Å². The molecular weight excluding hydrogens is 437 g/mol. The van der Waals surface area contributed by atoms with Gasteiger partial charge in [0.1, 0.15) is 5.76 Å². The van der Waals surface area contributed by atoms with Crippen molar-refractivity contribution in [3.8, 4) is 0 Å². The van der Waals surface area contributed by atoms with E-state index in [0.717, 1.165) is 10.5 Å². The summed E-state index contributed by atoms with van der Waals surface area (Å²) < 4.78 is 49.4. The average molecular weight is 460 g/mol. The minimum Gasteiger partial charge on any atom is -0.467 e. The summed E-state index contributed by atoms with van der Waals surface area (Å²) in [6.07, 6.45) is -4.01. The van der Waals surface area contributed by atoms with Gasteiger partial charge in [0.2, 0.25) is 5.54 Å². The summed E-state index contributed by atoms with van der Waals surface area (Å²) in [5.41, 5.74) is -4.09. The standard InChI is InChI=1S/C24H23F3N2O4/c1-14-6-8-15(9-7-14)20(31)28-23(24(25,26)27)19-17(11-22(2,3)12-18(19)30)29(21(23)32)13-16-5-4-10-33-16/h4-10H,11-13H2,1-3H3,(H,28,31)/t23-/m1/s1. The molecule has 1 aliphatic carbocycles. The van der Waals surface area contributed by atoms with Crippen LogP contribution in [0.1, 0.15) is 48.4 Å². The minimum atomic E-state index is -5.25. The molecule has 2 aliphatic rings. The number of aryl methyl sites for hydroxylation is 1. The Morgan fingerprint density at radius 1 is 1.12 bits per heavy atom. The third-order valence-electron chi connectivity index (χ3n) is 6.05. The van der Waals surface area contributed by atoms with E-state index in [2.05, 4.69) is 0 Å². The highest BCUT2D eigenvalue weighted by atomic mass is 19.4. The number of hydrogen-bond donors (Lipinski definition) is 1. The van der Waals surface area contributed by atoms with Gasteiger partial charge >= 0.3 is 6.18 Å². The van der Waals surface area contributed by atoms with Crippen LogP contribution in [0.2, 0.25) is 0 Å². The number of amides is 2. The van der Waals surface area contributed by atoms with E-state index in [9.17, 15) is 27.6 Å². The van der Waals surface area contributed by atoms with Crippen LogP contribution in [0.25, 0.3) is 0 Å². The number of Topliss-reactive ketones (excluding diaryl/α,β-unsaturated/α-hetero) is 1. The summed E-state index contributed by atoms with van der Waals surface area (Å²) >= 11 is 0. The first-order chi connectivity index (χ1) is 15.4. The summed E-state index contributed by atoms with van der Waals surface area (Å²) in [5.74, 6) is -3.06. The molecule has 174 valence electrons. The van der Waals surface area contributed by atoms with Crippen LogP contribution >= 0.6 is 0 Å². The Labute approximate surface area is 188 Å². The van der Waals surface area contributed by atoms with Crippen LogP contribution in [0.3, 0.4) is 0 Å². The minimum absolute atomic E-state index is 0.0285. The topological polar surface area (TPSA) is 79.6 Å². The van der Waals surface area contributed by atoms with Crippen molar-refractivity contribution in [2.45, 2.75) is 51.9 Å². The third-order valence-corrected chi connectivity index (χ3v) is 6.05. The molecule has 0 saturated heterocycles. The molecule has 0 saturated carbocycles. The average Bonchev–Trinajstić information content (AvgIpc) is 3.29. The molecule has 1 aliphatic heterocycles. The van der Waals surface area contributed by atoms with Gasteiger partial charge in [0.25, 0.3) is 11.8 Å². The van der Waals surface area contributed by atoms with E-state index in [1.807, 2.05) is 5.32 Å². The molecule has 0 unspecified atom stereocenters. The maximum absolute atomic E-state index is 14.7. The predicted molar refractivity (Wildman–Crippen MR) is 112 cm³/mol. The number of nitrogens with one attached hydrogen (secondary N) is 1. The molecule has 33 heavy (non-hydrogen) atoms. The van der Waals surface area contributed by atoms with Crippen molar-refractivity contribution in [3.63, 3.8) is 0 Å². The lowest BCUT2D eigenvalue weighted by Crippen LogP contribution is -2.66. The maximum atomic E-state index is 14.7. The lowest BCUT2D eigenvalue weighted by atomic mass is 9.72. The van der Waals surface area contributed by atoms with E-state index in [-0.39, 0.29) is 36.4 Å². The fourth-order valence-corrected chi connectivity index (χ4v) is 4.50. The van der Waals surface area contributed by atoms with Crippen molar-refractivity contribution in [2.24, 2.45) is 5.41 Å². The number of rotatable bonds is 4. The fraction of sp³-hybridized carbons (Fsp3) is 0.375. The molecular formula is C24H23F3N2O4. The summed E-state index contributed by atoms with van der Waals surface area (Å²) in [6.45, 7) is 4.99. The van der Waals surface area contributed by atoms with Crippen molar-refractivity contribution in [2.75, 3.05) is 0 Å². The van der Waals surface area contributed by atoms with Gasteiger partial charge in [-0.1, -0.05) is 31.5 Å². The molecule has 0 bridgehead atoms. The normalized spacial score (nSPS) is 22.5. The van der Waals surface area contributed by atoms with Gasteiger partial charge in [-0.2, -0.15) is 13.2 Å². The number of halogens is 3. The molecule has 2 amide bonds. The van der Waals surface area contributed by atoms with Crippen LogP contribution in [0, 0.1) is 12.3 Å². The van der Waals surface area contributed by atoms with Gasteiger partial charge in [0, 0.05) is 17.7 Å². The number of benzene rings is 1. The number of alkyl halides is 3. The second-order valence-electron chi connectivity index (χ2n) is 9.30. The Balaban J connectivity index is 1.86. The van der Waals surface area contributed by atoms with Crippen molar-refractivity contribution >= 4 is 17.6 Å². The smallest absolute Gasteiger partial charge is 0.425 e. The van der Waals surface area contributed by atoms with Gasteiger partial charge in [-0.3, -0.25) is 14.4 Å². The van der Waals surface area contributed by atoms with Crippen molar-refractivity contribution in [1.29, 1.82) is 0 Å². The number of ketones is 1. The van der Waals surface area contributed by atoms with Crippen molar-refractivity contribution in [3.05, 3.63) is 70.8 Å². The number of carbonyl (C=O) groups is 3. The predicted octanol–water partition coefficient (Wildman–Crippen LogP) is 4.30. The zero-order valence-corrected chi connectivity index (χ0v) is 18.4. The summed E-state index contributed by atoms with van der Waals surface area (Å²) in [6, 6.07) is 8.98. The number of furan rings is 1. The second kappa shape index (κ2) is 7.60. The Morgan fingerprint density at radius 3 is 2.36 bits per heavy atom. The van der Waals surface area contributed by atoms with Gasteiger partial charge in [-0.05, 0) is 43.0 Å². The molecule has 1 aromatic carbocycles. The second-order valence-corrected chi connectivity index (χ2v) is 9.30. The molecule has 2 aromatic rings. The Kier molecular flexibility index (Phi) is 5.26. The highest BCUT2D eigenvalue weighted by molar-refractivity contribution is 6.14. The number of hydrogen-bond acceptors (Lipinski definition) is 4. The Morgan fingerprint density at radius 2 is 1.79 bits per heavy atom. The third kappa shape index (κ3) is 3.75. The van der Waals surface area contributed by atoms with Crippen LogP contribution in [-0.2, 0) is 16.1 Å². The molecule has 1 N–H and O–H groups in total. The summed E-state index contributed by atoms with van der Waals surface area (Å²) in [5, 5.41) is 1.92. The quantitative estimate of drug-likeness (QED) is 0.738. The summed E-state index contributed by atoms with van der Waals surface area (Å²) in [4.78, 5) is 40.4. The monoisotopic (exact) mass is 460 g/mol. The molecule has 6 nitrogen and oxygen atoms in total. The highest BCUT2D eigenvalue weighted by Gasteiger charge is 2.71. The first-order valence-corrected chi connectivity index (χ1v) is 10.4. The Hall–Kier alpha value is -3.36. The van der Waals surface area contributed by atoms with Gasteiger partial charge in [-0.15, -0.1) is 0 Å². The number of nitrogens with zero attached hydrogens (tertiary/aromatic N) is 1. The van der Waals surface area contributed by atoms with Gasteiger partial charge in [0.15, 0.2) is 5.78 Å². The van der Waals surface area contributed by atoms with Crippen LogP contribution in [0.4, 0.5) is 13.2 Å². The van der Waals surface area contributed by atoms with E-state index < -0.39 is 40.3 Å². The molecule has 0 fully saturated rings. The SMILES string of the molecule is Cc1ccc(C(=O)N[C@@]2(C(F)(F)F)C(=O)N(Cc3ccco3)C3=C2C(=O)CC(C)(C)C3)cc1. The van der Waals surface area contributed by atoms with Gasteiger partial charge in [-0.25, -0.2) is 0 Å². The van der Waals surface area contributed by atoms with Crippen molar-refractivity contribution in [1.82, 2.24) is 10.2 Å². The first-order valence-electron chi connectivity index (χ1n) is 10.4. The van der Waals surface area contributed by atoms with Crippen LogP contribution in [0.5, 0.6) is 0 Å². The van der Waals surface area contributed by atoms with E-state index in [1.165, 1.54) is 24.5 Å². The molecule has 0 spiro atoms. The molecule has 9 heteroatoms. The van der Waals surface area contributed by atoms with Gasteiger partial charge in [0.05, 0.1) is 18.4 Å². The van der Waals surface area contributed by atoms with E-state index in [4.69, 9.17) is 4.42 Å². The lowest BCUT2D eigenvalue weighted by Gasteiger charge is -2.35. The number of carbonyl (C=O) groups excluding carboxylic acids is 3. The Bertz CT molecular complexity index is 1150. The molecule has 4 rings (SSSR count). The molecule has 0 radical (unpaired) electrons. The number of allylic oxidation sites excluding steroid dienone is 1. The molecule has 2 heterocycles. The highest BCUT2D eigenvalue weighted by Crippen LogP contribution is 2.52. The van der Waals surface area contributed by atoms with Crippen LogP contribution in [-0.4, -0.2) is 34.2 Å². The van der Waals surface area contributed by atoms with E-state index in [0.29, 0.717) is 0 Å².